The molecule has 2 aromatic rings. The molecule has 142 valence electrons. The minimum atomic E-state index is 0.648. The Hall–Kier alpha value is -2.36. The molecule has 0 unspecified atom stereocenters. The van der Waals surface area contributed by atoms with E-state index >= 15 is 0 Å². The van der Waals surface area contributed by atoms with Gasteiger partial charge in [0.15, 0.2) is 0 Å². The van der Waals surface area contributed by atoms with Crippen LogP contribution in [0, 0.1) is 0 Å². The van der Waals surface area contributed by atoms with Crippen LogP contribution in [0.3, 0.4) is 0 Å². The SMILES string of the molecule is CCOc1ccc(CCCc2ccc(OCC)cc2OCC)c(OC)c1. The maximum Gasteiger partial charge on any atom is 0.126 e. The van der Waals surface area contributed by atoms with E-state index in [0.29, 0.717) is 19.8 Å². The van der Waals surface area contributed by atoms with Crippen LogP contribution < -0.4 is 18.9 Å². The molecule has 0 fully saturated rings. The first-order valence-electron chi connectivity index (χ1n) is 9.40. The fourth-order valence-electron chi connectivity index (χ4n) is 2.94. The molecule has 2 rings (SSSR count). The van der Waals surface area contributed by atoms with Crippen molar-refractivity contribution >= 4 is 0 Å². The predicted octanol–water partition coefficient (Wildman–Crippen LogP) is 5.07. The highest BCUT2D eigenvalue weighted by atomic mass is 16.5. The van der Waals surface area contributed by atoms with Gasteiger partial charge in [-0.05, 0) is 63.3 Å². The van der Waals surface area contributed by atoms with Crippen molar-refractivity contribution in [2.75, 3.05) is 26.9 Å². The molecule has 0 aliphatic rings. The second-order valence-corrected chi connectivity index (χ2v) is 5.90. The molecule has 2 aromatic carbocycles. The maximum atomic E-state index is 5.79. The molecular formula is C22H30O4. The van der Waals surface area contributed by atoms with Crippen LogP contribution in [0.5, 0.6) is 23.0 Å². The average Bonchev–Trinajstić information content (AvgIpc) is 2.65. The number of hydrogen-bond acceptors (Lipinski definition) is 4. The Morgan fingerprint density at radius 3 is 1.65 bits per heavy atom. The Kier molecular flexibility index (Phi) is 8.13. The Bertz CT molecular complexity index is 682. The van der Waals surface area contributed by atoms with Gasteiger partial charge in [-0.2, -0.15) is 0 Å². The van der Waals surface area contributed by atoms with E-state index in [1.54, 1.807) is 7.11 Å². The quantitative estimate of drug-likeness (QED) is 0.562. The van der Waals surface area contributed by atoms with Gasteiger partial charge < -0.3 is 18.9 Å². The van der Waals surface area contributed by atoms with Crippen LogP contribution in [0.2, 0.25) is 0 Å². The summed E-state index contributed by atoms with van der Waals surface area (Å²) in [6.45, 7) is 7.92. The minimum absolute atomic E-state index is 0.648. The standard InChI is InChI=1S/C22H30O4/c1-5-24-19-13-11-17(21(15-19)23-4)9-8-10-18-12-14-20(25-6-2)16-22(18)26-7-3/h11-16H,5-10H2,1-4H3. The Morgan fingerprint density at radius 2 is 1.15 bits per heavy atom. The van der Waals surface area contributed by atoms with Gasteiger partial charge in [-0.15, -0.1) is 0 Å². The maximum absolute atomic E-state index is 5.79. The molecule has 0 aliphatic carbocycles. The van der Waals surface area contributed by atoms with E-state index in [1.807, 2.05) is 45.0 Å². The zero-order chi connectivity index (χ0) is 18.8. The molecular weight excluding hydrogens is 328 g/mol. The van der Waals surface area contributed by atoms with Crippen molar-refractivity contribution in [2.45, 2.75) is 40.0 Å². The van der Waals surface area contributed by atoms with E-state index in [2.05, 4.69) is 12.1 Å². The zero-order valence-electron chi connectivity index (χ0n) is 16.3. The van der Waals surface area contributed by atoms with Crippen LogP contribution in [0.15, 0.2) is 36.4 Å². The largest absolute Gasteiger partial charge is 0.496 e. The number of ether oxygens (including phenoxy) is 4. The fourth-order valence-corrected chi connectivity index (χ4v) is 2.94. The van der Waals surface area contributed by atoms with Crippen molar-refractivity contribution < 1.29 is 18.9 Å². The third-order valence-corrected chi connectivity index (χ3v) is 4.11. The summed E-state index contributed by atoms with van der Waals surface area (Å²) in [4.78, 5) is 0. The average molecular weight is 358 g/mol. The lowest BCUT2D eigenvalue weighted by Gasteiger charge is -2.14. The molecule has 26 heavy (non-hydrogen) atoms. The van der Waals surface area contributed by atoms with Gasteiger partial charge in [0.25, 0.3) is 0 Å². The number of methoxy groups -OCH3 is 1. The monoisotopic (exact) mass is 358 g/mol. The van der Waals surface area contributed by atoms with Crippen molar-refractivity contribution in [3.8, 4) is 23.0 Å². The topological polar surface area (TPSA) is 36.9 Å². The van der Waals surface area contributed by atoms with Gasteiger partial charge in [0.05, 0.1) is 26.9 Å². The van der Waals surface area contributed by atoms with E-state index in [1.165, 1.54) is 11.1 Å². The van der Waals surface area contributed by atoms with Crippen molar-refractivity contribution in [1.82, 2.24) is 0 Å². The van der Waals surface area contributed by atoms with Crippen molar-refractivity contribution in [3.05, 3.63) is 47.5 Å². The molecule has 0 saturated carbocycles. The lowest BCUT2D eigenvalue weighted by molar-refractivity contribution is 0.320. The highest BCUT2D eigenvalue weighted by molar-refractivity contribution is 5.42. The van der Waals surface area contributed by atoms with Gasteiger partial charge in [-0.25, -0.2) is 0 Å². The van der Waals surface area contributed by atoms with E-state index in [4.69, 9.17) is 18.9 Å². The van der Waals surface area contributed by atoms with Crippen LogP contribution >= 0.6 is 0 Å². The van der Waals surface area contributed by atoms with E-state index in [-0.39, 0.29) is 0 Å². The lowest BCUT2D eigenvalue weighted by Crippen LogP contribution is -2.00. The Labute approximate surface area is 157 Å². The Morgan fingerprint density at radius 1 is 0.654 bits per heavy atom. The molecule has 0 saturated heterocycles. The zero-order valence-corrected chi connectivity index (χ0v) is 16.3. The number of aryl methyl sites for hydroxylation is 2. The van der Waals surface area contributed by atoms with Gasteiger partial charge in [-0.3, -0.25) is 0 Å². The van der Waals surface area contributed by atoms with Crippen LogP contribution in [0.4, 0.5) is 0 Å². The minimum Gasteiger partial charge on any atom is -0.496 e. The summed E-state index contributed by atoms with van der Waals surface area (Å²) in [6, 6.07) is 12.2. The number of hydrogen-bond donors (Lipinski definition) is 0. The first-order chi connectivity index (χ1) is 12.7. The van der Waals surface area contributed by atoms with Crippen LogP contribution in [-0.4, -0.2) is 26.9 Å². The van der Waals surface area contributed by atoms with Crippen LogP contribution in [0.1, 0.15) is 38.3 Å². The molecule has 0 aromatic heterocycles. The van der Waals surface area contributed by atoms with Gasteiger partial charge in [0.1, 0.15) is 23.0 Å². The summed E-state index contributed by atoms with van der Waals surface area (Å²) in [5, 5.41) is 0. The Balaban J connectivity index is 2.02. The first kappa shape index (κ1) is 20.0. The number of benzene rings is 2. The smallest absolute Gasteiger partial charge is 0.126 e. The van der Waals surface area contributed by atoms with Crippen molar-refractivity contribution in [3.63, 3.8) is 0 Å². The molecule has 0 N–H and O–H groups in total. The van der Waals surface area contributed by atoms with Crippen LogP contribution in [-0.2, 0) is 12.8 Å². The summed E-state index contributed by atoms with van der Waals surface area (Å²) in [6.07, 6.45) is 2.89. The van der Waals surface area contributed by atoms with Gasteiger partial charge in [0.2, 0.25) is 0 Å². The normalized spacial score (nSPS) is 10.5. The highest BCUT2D eigenvalue weighted by Crippen LogP contribution is 2.29. The molecule has 0 heterocycles. The third-order valence-electron chi connectivity index (χ3n) is 4.11. The van der Waals surface area contributed by atoms with Gasteiger partial charge in [0, 0.05) is 12.1 Å². The summed E-state index contributed by atoms with van der Waals surface area (Å²) < 4.78 is 22.4. The molecule has 0 spiro atoms. The third kappa shape index (κ3) is 5.58. The summed E-state index contributed by atoms with van der Waals surface area (Å²) in [5.41, 5.74) is 2.40. The predicted molar refractivity (Wildman–Crippen MR) is 105 cm³/mol. The highest BCUT2D eigenvalue weighted by Gasteiger charge is 2.09. The van der Waals surface area contributed by atoms with Gasteiger partial charge >= 0.3 is 0 Å². The van der Waals surface area contributed by atoms with Crippen LogP contribution in [0.25, 0.3) is 0 Å². The molecule has 0 atom stereocenters. The number of rotatable bonds is 11. The van der Waals surface area contributed by atoms with E-state index in [9.17, 15) is 0 Å². The molecule has 0 radical (unpaired) electrons. The lowest BCUT2D eigenvalue weighted by atomic mass is 10.0. The molecule has 0 amide bonds. The van der Waals surface area contributed by atoms with E-state index in [0.717, 1.165) is 42.3 Å². The van der Waals surface area contributed by atoms with Gasteiger partial charge in [-0.1, -0.05) is 12.1 Å². The summed E-state index contributed by atoms with van der Waals surface area (Å²) >= 11 is 0. The summed E-state index contributed by atoms with van der Waals surface area (Å²) in [5.74, 6) is 3.50. The van der Waals surface area contributed by atoms with E-state index < -0.39 is 0 Å². The molecule has 4 heteroatoms. The van der Waals surface area contributed by atoms with Crippen molar-refractivity contribution in [1.29, 1.82) is 0 Å². The summed E-state index contributed by atoms with van der Waals surface area (Å²) in [7, 11) is 1.70. The second-order valence-electron chi connectivity index (χ2n) is 5.90. The molecule has 4 nitrogen and oxygen atoms in total. The van der Waals surface area contributed by atoms with Crippen molar-refractivity contribution in [2.24, 2.45) is 0 Å². The fraction of sp³-hybridized carbons (Fsp3) is 0.455. The second kappa shape index (κ2) is 10.6. The first-order valence-corrected chi connectivity index (χ1v) is 9.40. The molecule has 0 bridgehead atoms. The molecule has 0 aliphatic heterocycles.